The van der Waals surface area contributed by atoms with Crippen LogP contribution in [-0.2, 0) is 14.3 Å². The van der Waals surface area contributed by atoms with Crippen molar-refractivity contribution in [1.29, 1.82) is 0 Å². The summed E-state index contributed by atoms with van der Waals surface area (Å²) >= 11 is 1.28. The van der Waals surface area contributed by atoms with E-state index in [1.807, 2.05) is 6.92 Å². The van der Waals surface area contributed by atoms with Gasteiger partial charge in [-0.25, -0.2) is 0 Å². The van der Waals surface area contributed by atoms with Gasteiger partial charge < -0.3 is 9.64 Å². The Bertz CT molecular complexity index is 469. The number of allylic oxidation sites excluding steroid dienone is 2. The Hall–Kier alpha value is -1.30. The first kappa shape index (κ1) is 16.8. The Morgan fingerprint density at radius 2 is 2.15 bits per heavy atom. The second-order valence-electron chi connectivity index (χ2n) is 4.63. The number of nitrogens with zero attached hydrogens (tertiary/aromatic N) is 1. The summed E-state index contributed by atoms with van der Waals surface area (Å²) in [6.07, 6.45) is 5.43. The average molecular weight is 301 g/mol. The lowest BCUT2D eigenvalue weighted by Gasteiger charge is -2.37. The van der Waals surface area contributed by atoms with E-state index in [9.17, 15) is 14.0 Å². The third-order valence-corrected chi connectivity index (χ3v) is 5.08. The molecule has 6 heteroatoms. The molecule has 0 aromatic rings. The second kappa shape index (κ2) is 6.43. The molecule has 0 aliphatic carbocycles. The lowest BCUT2D eigenvalue weighted by atomic mass is 9.80. The van der Waals surface area contributed by atoms with E-state index in [-0.39, 0.29) is 11.4 Å². The number of carbonyl (C=O) groups is 2. The molecule has 0 radical (unpaired) electrons. The number of methoxy groups -OCH3 is 1. The van der Waals surface area contributed by atoms with Gasteiger partial charge in [0.05, 0.1) is 12.7 Å². The molecule has 1 aliphatic heterocycles. The van der Waals surface area contributed by atoms with Crippen molar-refractivity contribution in [2.45, 2.75) is 25.0 Å². The molecule has 1 aliphatic rings. The molecular formula is C14H20FNO3S. The van der Waals surface area contributed by atoms with Crippen molar-refractivity contribution in [3.8, 4) is 0 Å². The quantitative estimate of drug-likeness (QED) is 0.577. The SMILES string of the molecule is CCC(SC)(C(=O)OC)C1C=CN(C)C(F)=C1C(C)=O. The Kier molecular flexibility index (Phi) is 5.39. The predicted octanol–water partition coefficient (Wildman–Crippen LogP) is 2.52. The summed E-state index contributed by atoms with van der Waals surface area (Å²) in [7, 11) is 2.82. The van der Waals surface area contributed by atoms with Crippen LogP contribution >= 0.6 is 11.8 Å². The fourth-order valence-corrected chi connectivity index (χ4v) is 3.46. The molecule has 1 heterocycles. The monoisotopic (exact) mass is 301 g/mol. The molecule has 2 unspecified atom stereocenters. The van der Waals surface area contributed by atoms with Crippen LogP contribution in [0.15, 0.2) is 23.8 Å². The number of ketones is 1. The minimum atomic E-state index is -0.995. The van der Waals surface area contributed by atoms with Crippen molar-refractivity contribution in [3.05, 3.63) is 23.8 Å². The Labute approximate surface area is 123 Å². The Balaban J connectivity index is 3.43. The number of Topliss-reactive ketones (excluding diaryl/α,β-unsaturated/α-hetero) is 1. The zero-order valence-electron chi connectivity index (χ0n) is 12.4. The van der Waals surface area contributed by atoms with Gasteiger partial charge in [-0.15, -0.1) is 11.8 Å². The zero-order chi connectivity index (χ0) is 15.5. The molecule has 112 valence electrons. The number of thioether (sulfide) groups is 1. The normalized spacial score (nSPS) is 21.7. The largest absolute Gasteiger partial charge is 0.468 e. The van der Waals surface area contributed by atoms with Crippen molar-refractivity contribution in [2.75, 3.05) is 20.4 Å². The first-order chi connectivity index (χ1) is 9.35. The van der Waals surface area contributed by atoms with Gasteiger partial charge in [0.2, 0.25) is 5.95 Å². The van der Waals surface area contributed by atoms with Crippen LogP contribution in [0.2, 0.25) is 0 Å². The van der Waals surface area contributed by atoms with Gasteiger partial charge >= 0.3 is 5.97 Å². The highest BCUT2D eigenvalue weighted by atomic mass is 32.2. The highest BCUT2D eigenvalue weighted by molar-refractivity contribution is 8.00. The number of hydrogen-bond acceptors (Lipinski definition) is 5. The highest BCUT2D eigenvalue weighted by Crippen LogP contribution is 2.44. The molecular weight excluding hydrogens is 281 g/mol. The lowest BCUT2D eigenvalue weighted by molar-refractivity contribution is -0.144. The molecule has 0 fully saturated rings. The van der Waals surface area contributed by atoms with Crippen LogP contribution in [-0.4, -0.2) is 41.8 Å². The first-order valence-electron chi connectivity index (χ1n) is 6.31. The molecule has 2 atom stereocenters. The maximum absolute atomic E-state index is 14.3. The van der Waals surface area contributed by atoms with Crippen molar-refractivity contribution >= 4 is 23.5 Å². The van der Waals surface area contributed by atoms with E-state index in [1.165, 1.54) is 43.9 Å². The van der Waals surface area contributed by atoms with E-state index in [0.29, 0.717) is 6.42 Å². The maximum Gasteiger partial charge on any atom is 0.322 e. The number of esters is 1. The minimum absolute atomic E-state index is 0.0246. The Morgan fingerprint density at radius 3 is 2.55 bits per heavy atom. The molecule has 0 aromatic carbocycles. The van der Waals surface area contributed by atoms with E-state index < -0.39 is 22.6 Å². The van der Waals surface area contributed by atoms with Crippen molar-refractivity contribution in [2.24, 2.45) is 5.92 Å². The van der Waals surface area contributed by atoms with E-state index in [0.717, 1.165) is 0 Å². The smallest absolute Gasteiger partial charge is 0.322 e. The molecule has 0 saturated heterocycles. The minimum Gasteiger partial charge on any atom is -0.468 e. The third-order valence-electron chi connectivity index (χ3n) is 3.65. The van der Waals surface area contributed by atoms with E-state index >= 15 is 0 Å². The van der Waals surface area contributed by atoms with E-state index in [1.54, 1.807) is 12.3 Å². The summed E-state index contributed by atoms with van der Waals surface area (Å²) in [6, 6.07) is 0. The molecule has 0 bridgehead atoms. The molecule has 4 nitrogen and oxygen atoms in total. The van der Waals surface area contributed by atoms with E-state index in [2.05, 4.69) is 0 Å². The van der Waals surface area contributed by atoms with Gasteiger partial charge in [0, 0.05) is 19.2 Å². The number of rotatable bonds is 5. The molecule has 0 saturated carbocycles. The molecule has 0 amide bonds. The number of halogens is 1. The molecule has 1 rings (SSSR count). The van der Waals surface area contributed by atoms with Crippen molar-refractivity contribution in [1.82, 2.24) is 4.90 Å². The van der Waals surface area contributed by atoms with Crippen LogP contribution in [0.1, 0.15) is 20.3 Å². The molecule has 20 heavy (non-hydrogen) atoms. The van der Waals surface area contributed by atoms with Crippen LogP contribution in [0, 0.1) is 5.92 Å². The Morgan fingerprint density at radius 1 is 1.55 bits per heavy atom. The van der Waals surface area contributed by atoms with Gasteiger partial charge in [0.1, 0.15) is 4.75 Å². The fourth-order valence-electron chi connectivity index (χ4n) is 2.47. The number of carbonyl (C=O) groups excluding carboxylic acids is 2. The second-order valence-corrected chi connectivity index (χ2v) is 5.77. The van der Waals surface area contributed by atoms with Crippen molar-refractivity contribution < 1.29 is 18.7 Å². The predicted molar refractivity (Wildman–Crippen MR) is 77.8 cm³/mol. The first-order valence-corrected chi connectivity index (χ1v) is 7.53. The fraction of sp³-hybridized carbons (Fsp3) is 0.571. The lowest BCUT2D eigenvalue weighted by Crippen LogP contribution is -2.45. The molecule has 0 N–H and O–H groups in total. The van der Waals surface area contributed by atoms with E-state index in [4.69, 9.17) is 4.74 Å². The topological polar surface area (TPSA) is 46.6 Å². The van der Waals surface area contributed by atoms with Gasteiger partial charge in [-0.3, -0.25) is 9.59 Å². The zero-order valence-corrected chi connectivity index (χ0v) is 13.2. The number of ether oxygens (including phenoxy) is 1. The van der Waals surface area contributed by atoms with Gasteiger partial charge in [-0.1, -0.05) is 13.0 Å². The summed E-state index contributed by atoms with van der Waals surface area (Å²) in [6.45, 7) is 3.14. The van der Waals surface area contributed by atoms with Crippen LogP contribution in [0.5, 0.6) is 0 Å². The summed E-state index contributed by atoms with van der Waals surface area (Å²) in [5, 5.41) is 0. The van der Waals surface area contributed by atoms with Crippen LogP contribution in [0.3, 0.4) is 0 Å². The standard InChI is InChI=1S/C14H20FNO3S/c1-6-14(20-5,13(18)19-4)10-7-8-16(3)12(15)11(10)9(2)17/h7-8,10H,6H2,1-5H3. The van der Waals surface area contributed by atoms with Gasteiger partial charge in [-0.2, -0.15) is 4.39 Å². The number of hydrogen-bond donors (Lipinski definition) is 0. The molecule has 0 aromatic heterocycles. The summed E-state index contributed by atoms with van der Waals surface area (Å²) in [5.41, 5.74) is 0.0246. The van der Waals surface area contributed by atoms with Crippen LogP contribution in [0.25, 0.3) is 0 Å². The van der Waals surface area contributed by atoms with Gasteiger partial charge in [0.15, 0.2) is 5.78 Å². The average Bonchev–Trinajstić information content (AvgIpc) is 2.43. The summed E-state index contributed by atoms with van der Waals surface area (Å²) < 4.78 is 18.2. The van der Waals surface area contributed by atoms with Crippen LogP contribution in [0.4, 0.5) is 4.39 Å². The van der Waals surface area contributed by atoms with Crippen molar-refractivity contribution in [3.63, 3.8) is 0 Å². The van der Waals surface area contributed by atoms with Gasteiger partial charge in [0.25, 0.3) is 0 Å². The summed E-state index contributed by atoms with van der Waals surface area (Å²) in [5.74, 6) is -2.07. The molecule has 0 spiro atoms. The third kappa shape index (κ3) is 2.61. The van der Waals surface area contributed by atoms with Gasteiger partial charge in [-0.05, 0) is 19.6 Å². The van der Waals surface area contributed by atoms with Crippen LogP contribution < -0.4 is 0 Å². The maximum atomic E-state index is 14.3. The summed E-state index contributed by atoms with van der Waals surface area (Å²) in [4.78, 5) is 25.3. The highest BCUT2D eigenvalue weighted by Gasteiger charge is 2.48.